The Bertz CT molecular complexity index is 9730. The molecule has 0 bridgehead atoms. The number of thiophene rings is 2. The molecule has 1 aliphatic carbocycles. The van der Waals surface area contributed by atoms with Gasteiger partial charge in [0.05, 0.1) is 33.1 Å². The van der Waals surface area contributed by atoms with E-state index in [9.17, 15) is 0 Å². The van der Waals surface area contributed by atoms with Crippen molar-refractivity contribution >= 4 is 180 Å². The van der Waals surface area contributed by atoms with Crippen LogP contribution in [0.5, 0.6) is 0 Å². The van der Waals surface area contributed by atoms with Crippen LogP contribution in [0.4, 0.5) is 51.2 Å². The summed E-state index contributed by atoms with van der Waals surface area (Å²) in [5.41, 5.74) is 38.5. The van der Waals surface area contributed by atoms with Crippen LogP contribution in [0.15, 0.2) is 558 Å². The third kappa shape index (κ3) is 16.1. The van der Waals surface area contributed by atoms with Gasteiger partial charge in [-0.05, 0) is 284 Å². The zero-order valence-corrected chi connectivity index (χ0v) is 83.7. The lowest BCUT2D eigenvalue weighted by Crippen LogP contribution is -2.14. The second kappa shape index (κ2) is 37.8. The van der Waals surface area contributed by atoms with Crippen LogP contribution in [0.1, 0.15) is 25.0 Å². The Labute approximate surface area is 873 Å². The molecule has 0 atom stereocenters. The molecule has 704 valence electrons. The van der Waals surface area contributed by atoms with E-state index in [0.29, 0.717) is 0 Å². The molecule has 28 aromatic rings. The number of para-hydroxylation sites is 7. The standard InChI is InChI=1S/2C48H32N2S.C45H34N2/c1-4-12-33(13-5-1)35-20-24-38(25-21-35)49(39-26-22-36(23-27-39)34-14-6-2-7-15-34)40-28-30-44-43(32-40)47-45(50(44)37-16-8-3-9-17-37)31-29-42-41-18-10-11-19-46(41)51-48(42)47;1-3-12-36(13-4-1)49(39-30-31-46-44(32-39)41-16-7-9-20-45(41)50(46)37-14-5-2-6-15-37)38-28-26-34(27-29-38)33-22-24-35(25-23-33)40-18-11-19-43-42-17-8-10-21-47(42)51-48(40)43;1-45(2)41-21-13-12-20-37(41)38-29-40-39-28-32(24-27-43(39)47(44(40)30-42(38)45)35-18-10-5-11-19-35)31-22-25-36(26-23-31)46(33-14-6-3-7-15-33)34-16-8-4-9-17-34/h2*1-32H;3-30H,1-2H3. The molecule has 0 radical (unpaired) electrons. The molecule has 0 amide bonds. The van der Waals surface area contributed by atoms with Gasteiger partial charge in [0, 0.05) is 146 Å². The van der Waals surface area contributed by atoms with Crippen molar-refractivity contribution in [3.05, 3.63) is 569 Å². The maximum atomic E-state index is 2.45. The quantitative estimate of drug-likeness (QED) is 0.0908. The van der Waals surface area contributed by atoms with E-state index < -0.39 is 0 Å². The molecule has 23 aromatic carbocycles. The Morgan fingerprint density at radius 1 is 0.168 bits per heavy atom. The summed E-state index contributed by atoms with van der Waals surface area (Å²) in [7, 11) is 0. The van der Waals surface area contributed by atoms with Gasteiger partial charge in [0.15, 0.2) is 0 Å². The average molecular weight is 1940 g/mol. The first-order chi connectivity index (χ1) is 73.7. The summed E-state index contributed by atoms with van der Waals surface area (Å²) in [6.45, 7) is 4.72. The molecule has 0 N–H and O–H groups in total. The first-order valence-corrected chi connectivity index (χ1v) is 52.7. The highest BCUT2D eigenvalue weighted by molar-refractivity contribution is 7.27. The van der Waals surface area contributed by atoms with Crippen LogP contribution in [0.25, 0.3) is 190 Å². The fourth-order valence-electron chi connectivity index (χ4n) is 22.8. The maximum absolute atomic E-state index is 2.45. The van der Waals surface area contributed by atoms with Gasteiger partial charge in [0.25, 0.3) is 0 Å². The van der Waals surface area contributed by atoms with Gasteiger partial charge in [-0.25, -0.2) is 0 Å². The topological polar surface area (TPSA) is 24.5 Å². The van der Waals surface area contributed by atoms with E-state index in [4.69, 9.17) is 0 Å². The van der Waals surface area contributed by atoms with Crippen molar-refractivity contribution in [1.29, 1.82) is 0 Å². The number of fused-ring (bicyclic) bond motifs is 19. The summed E-state index contributed by atoms with van der Waals surface area (Å²) >= 11 is 3.77. The van der Waals surface area contributed by atoms with Crippen molar-refractivity contribution in [2.45, 2.75) is 19.3 Å². The van der Waals surface area contributed by atoms with Gasteiger partial charge in [-0.1, -0.05) is 366 Å². The average Bonchev–Trinajstić information content (AvgIpc) is 1.54. The summed E-state index contributed by atoms with van der Waals surface area (Å²) < 4.78 is 12.6. The van der Waals surface area contributed by atoms with Crippen molar-refractivity contribution in [1.82, 2.24) is 13.7 Å². The molecule has 149 heavy (non-hydrogen) atoms. The predicted octanol–water partition coefficient (Wildman–Crippen LogP) is 40.1. The predicted molar refractivity (Wildman–Crippen MR) is 637 cm³/mol. The molecule has 8 heteroatoms. The van der Waals surface area contributed by atoms with Gasteiger partial charge >= 0.3 is 0 Å². The molecule has 1 aliphatic rings. The van der Waals surface area contributed by atoms with Crippen LogP contribution in [0.2, 0.25) is 0 Å². The minimum Gasteiger partial charge on any atom is -0.311 e. The van der Waals surface area contributed by atoms with Crippen molar-refractivity contribution in [2.75, 3.05) is 14.7 Å². The Morgan fingerprint density at radius 2 is 0.477 bits per heavy atom. The Morgan fingerprint density at radius 3 is 0.980 bits per heavy atom. The minimum atomic E-state index is -0.0572. The third-order valence-corrected chi connectivity index (χ3v) is 32.4. The van der Waals surface area contributed by atoms with E-state index in [1.807, 2.05) is 22.7 Å². The molecule has 0 fully saturated rings. The third-order valence-electron chi connectivity index (χ3n) is 30.0. The Balaban J connectivity index is 0.000000110. The van der Waals surface area contributed by atoms with Crippen molar-refractivity contribution < 1.29 is 0 Å². The lowest BCUT2D eigenvalue weighted by molar-refractivity contribution is 0.661. The molecule has 29 rings (SSSR count). The zero-order chi connectivity index (χ0) is 99.0. The summed E-state index contributed by atoms with van der Waals surface area (Å²) in [5.74, 6) is 0. The molecule has 0 unspecified atom stereocenters. The first-order valence-electron chi connectivity index (χ1n) is 51.1. The fourth-order valence-corrected chi connectivity index (χ4v) is 25.3. The number of hydrogen-bond acceptors (Lipinski definition) is 5. The van der Waals surface area contributed by atoms with Gasteiger partial charge in [-0.15, -0.1) is 22.7 Å². The van der Waals surface area contributed by atoms with E-state index in [2.05, 4.69) is 600 Å². The molecule has 0 spiro atoms. The number of rotatable bonds is 17. The normalized spacial score (nSPS) is 12.0. The summed E-state index contributed by atoms with van der Waals surface area (Å²) in [6, 6.07) is 202. The van der Waals surface area contributed by atoms with Gasteiger partial charge in [-0.3, -0.25) is 0 Å². The second-order valence-corrected chi connectivity index (χ2v) is 41.1. The van der Waals surface area contributed by atoms with Crippen molar-refractivity contribution in [3.63, 3.8) is 0 Å². The van der Waals surface area contributed by atoms with Crippen LogP contribution >= 0.6 is 22.7 Å². The van der Waals surface area contributed by atoms with E-state index in [1.165, 1.54) is 189 Å². The summed E-state index contributed by atoms with van der Waals surface area (Å²) in [5, 5.41) is 12.9. The zero-order valence-electron chi connectivity index (χ0n) is 82.1. The second-order valence-electron chi connectivity index (χ2n) is 39.0. The highest BCUT2D eigenvalue weighted by atomic mass is 32.1. The largest absolute Gasteiger partial charge is 0.311 e. The van der Waals surface area contributed by atoms with E-state index in [1.54, 1.807) is 0 Å². The molecule has 0 saturated heterocycles. The highest BCUT2D eigenvalue weighted by Gasteiger charge is 2.37. The Hall–Kier alpha value is -18.7. The van der Waals surface area contributed by atoms with Crippen LogP contribution in [-0.4, -0.2) is 13.7 Å². The number of nitrogens with zero attached hydrogens (tertiary/aromatic N) is 6. The SMILES string of the molecule is CC1(C)c2ccccc2-c2cc3c4cc(-c5ccc(N(c6ccccc6)c6ccccc6)cc5)ccc4n(-c4ccccc4)c3cc21.c1ccc(-c2ccc(N(c3ccc(-c4ccccc4)cc3)c3ccc4c(c3)c3c5sc6ccccc6c5ccc3n4-c3ccccc3)cc2)cc1.c1ccc(N(c2ccc(-c3ccc(-c4cccc5c4sc4ccccc45)cc3)cc2)c2ccc3c(c2)c2ccccc2n3-c2ccccc2)cc1. The van der Waals surface area contributed by atoms with Gasteiger partial charge < -0.3 is 28.4 Å². The molecular weight excluding hydrogens is 1840 g/mol. The van der Waals surface area contributed by atoms with E-state index in [0.717, 1.165) is 62.6 Å². The molecular formula is C141H98N6S2. The lowest BCUT2D eigenvalue weighted by Gasteiger charge is -2.26. The number of benzene rings is 23. The monoisotopic (exact) mass is 1940 g/mol. The molecule has 6 nitrogen and oxygen atoms in total. The minimum absolute atomic E-state index is 0.0572. The molecule has 0 saturated carbocycles. The summed E-state index contributed by atoms with van der Waals surface area (Å²) in [6.07, 6.45) is 0. The lowest BCUT2D eigenvalue weighted by atomic mass is 9.82. The van der Waals surface area contributed by atoms with Gasteiger partial charge in [-0.2, -0.15) is 0 Å². The number of aromatic nitrogens is 3. The smallest absolute Gasteiger partial charge is 0.0555 e. The van der Waals surface area contributed by atoms with Gasteiger partial charge in [0.2, 0.25) is 0 Å². The van der Waals surface area contributed by atoms with Gasteiger partial charge in [0.1, 0.15) is 0 Å². The van der Waals surface area contributed by atoms with Crippen LogP contribution in [0, 0.1) is 0 Å². The van der Waals surface area contributed by atoms with Crippen LogP contribution < -0.4 is 14.7 Å². The van der Waals surface area contributed by atoms with E-state index >= 15 is 0 Å². The van der Waals surface area contributed by atoms with Crippen molar-refractivity contribution in [3.8, 4) is 83.8 Å². The first kappa shape index (κ1) is 89.2. The van der Waals surface area contributed by atoms with Crippen molar-refractivity contribution in [2.24, 2.45) is 0 Å². The maximum Gasteiger partial charge on any atom is 0.0555 e. The van der Waals surface area contributed by atoms with Crippen LogP contribution in [0.3, 0.4) is 0 Å². The molecule has 5 aromatic heterocycles. The highest BCUT2D eigenvalue weighted by Crippen LogP contribution is 2.54. The van der Waals surface area contributed by atoms with Crippen LogP contribution in [-0.2, 0) is 5.41 Å². The Kier molecular flexibility index (Phi) is 22.6. The molecule has 0 aliphatic heterocycles. The van der Waals surface area contributed by atoms with E-state index in [-0.39, 0.29) is 5.41 Å². The fraction of sp³-hybridized carbons (Fsp3) is 0.0213. The number of anilines is 9. The summed E-state index contributed by atoms with van der Waals surface area (Å²) in [4.78, 5) is 7.05. The molecule has 5 heterocycles. The number of hydrogen-bond donors (Lipinski definition) is 0.